The molecule has 0 amide bonds. The van der Waals surface area contributed by atoms with Crippen molar-refractivity contribution < 1.29 is 4.74 Å². The van der Waals surface area contributed by atoms with E-state index in [0.717, 1.165) is 28.4 Å². The van der Waals surface area contributed by atoms with Crippen LogP contribution in [0.3, 0.4) is 0 Å². The van der Waals surface area contributed by atoms with Crippen molar-refractivity contribution in [3.05, 3.63) is 34.8 Å². The lowest BCUT2D eigenvalue weighted by atomic mass is 10.1. The standard InChI is InChI=1S/C14H17NOS/c1-4-12-9-17-14(15-12)11-6-7-13(16-5-2)10(3)8-11/h6-9H,4-5H2,1-3H3. The summed E-state index contributed by atoms with van der Waals surface area (Å²) in [6.45, 7) is 6.91. The van der Waals surface area contributed by atoms with Gasteiger partial charge in [-0.1, -0.05) is 6.92 Å². The van der Waals surface area contributed by atoms with E-state index in [1.54, 1.807) is 11.3 Å². The third-order valence-corrected chi connectivity index (χ3v) is 3.58. The Morgan fingerprint density at radius 2 is 2.12 bits per heavy atom. The summed E-state index contributed by atoms with van der Waals surface area (Å²) in [6.07, 6.45) is 0.993. The van der Waals surface area contributed by atoms with Gasteiger partial charge < -0.3 is 4.74 Å². The van der Waals surface area contributed by atoms with Crippen LogP contribution in [0.1, 0.15) is 25.1 Å². The Kier molecular flexibility index (Phi) is 3.79. The summed E-state index contributed by atoms with van der Waals surface area (Å²) in [7, 11) is 0. The molecule has 0 unspecified atom stereocenters. The Bertz CT molecular complexity index is 505. The molecule has 2 nitrogen and oxygen atoms in total. The number of aryl methyl sites for hydroxylation is 2. The second-order valence-corrected chi connectivity index (χ2v) is 4.77. The Labute approximate surface area is 106 Å². The maximum atomic E-state index is 5.54. The average molecular weight is 247 g/mol. The van der Waals surface area contributed by atoms with Crippen molar-refractivity contribution in [3.63, 3.8) is 0 Å². The van der Waals surface area contributed by atoms with Crippen molar-refractivity contribution in [2.24, 2.45) is 0 Å². The monoisotopic (exact) mass is 247 g/mol. The predicted molar refractivity (Wildman–Crippen MR) is 72.8 cm³/mol. The highest BCUT2D eigenvalue weighted by molar-refractivity contribution is 7.13. The first kappa shape index (κ1) is 12.1. The molecular formula is C14H17NOS. The zero-order valence-corrected chi connectivity index (χ0v) is 11.3. The number of hydrogen-bond donors (Lipinski definition) is 0. The first-order valence-corrected chi connectivity index (χ1v) is 6.80. The van der Waals surface area contributed by atoms with Gasteiger partial charge in [0.2, 0.25) is 0 Å². The molecule has 0 bridgehead atoms. The predicted octanol–water partition coefficient (Wildman–Crippen LogP) is 4.08. The molecule has 0 N–H and O–H groups in total. The van der Waals surface area contributed by atoms with Gasteiger partial charge in [-0.05, 0) is 44.0 Å². The lowest BCUT2D eigenvalue weighted by Crippen LogP contribution is -1.93. The molecule has 0 fully saturated rings. The highest BCUT2D eigenvalue weighted by Crippen LogP contribution is 2.28. The van der Waals surface area contributed by atoms with Crippen molar-refractivity contribution in [2.75, 3.05) is 6.61 Å². The number of thiazole rings is 1. The van der Waals surface area contributed by atoms with Crippen molar-refractivity contribution in [2.45, 2.75) is 27.2 Å². The zero-order chi connectivity index (χ0) is 12.3. The minimum absolute atomic E-state index is 0.706. The highest BCUT2D eigenvalue weighted by atomic mass is 32.1. The molecule has 0 saturated heterocycles. The molecule has 1 aromatic carbocycles. The van der Waals surface area contributed by atoms with Crippen LogP contribution in [0.15, 0.2) is 23.6 Å². The van der Waals surface area contributed by atoms with E-state index in [9.17, 15) is 0 Å². The van der Waals surface area contributed by atoms with Crippen molar-refractivity contribution in [1.29, 1.82) is 0 Å². The van der Waals surface area contributed by atoms with Crippen LogP contribution in [-0.4, -0.2) is 11.6 Å². The van der Waals surface area contributed by atoms with Gasteiger partial charge in [0.25, 0.3) is 0 Å². The van der Waals surface area contributed by atoms with Gasteiger partial charge in [0.15, 0.2) is 0 Å². The van der Waals surface area contributed by atoms with E-state index < -0.39 is 0 Å². The maximum Gasteiger partial charge on any atom is 0.123 e. The van der Waals surface area contributed by atoms with Gasteiger partial charge in [-0.3, -0.25) is 0 Å². The van der Waals surface area contributed by atoms with Crippen molar-refractivity contribution in [3.8, 4) is 16.3 Å². The largest absolute Gasteiger partial charge is 0.494 e. The molecule has 3 heteroatoms. The molecule has 0 radical (unpaired) electrons. The molecule has 0 aliphatic rings. The fourth-order valence-electron chi connectivity index (χ4n) is 1.70. The minimum Gasteiger partial charge on any atom is -0.494 e. The number of rotatable bonds is 4. The van der Waals surface area contributed by atoms with E-state index in [2.05, 4.69) is 36.3 Å². The number of ether oxygens (including phenoxy) is 1. The molecule has 2 rings (SSSR count). The van der Waals surface area contributed by atoms with Crippen molar-refractivity contribution >= 4 is 11.3 Å². The van der Waals surface area contributed by atoms with Crippen LogP contribution in [0, 0.1) is 6.92 Å². The summed E-state index contributed by atoms with van der Waals surface area (Å²) in [4.78, 5) is 4.59. The Balaban J connectivity index is 2.30. The van der Waals surface area contributed by atoms with Crippen LogP contribution < -0.4 is 4.74 Å². The smallest absolute Gasteiger partial charge is 0.123 e. The normalized spacial score (nSPS) is 10.5. The second kappa shape index (κ2) is 5.32. The van der Waals surface area contributed by atoms with Gasteiger partial charge in [0.1, 0.15) is 10.8 Å². The Hall–Kier alpha value is -1.35. The summed E-state index contributed by atoms with van der Waals surface area (Å²) in [5.41, 5.74) is 3.50. The molecule has 1 aromatic heterocycles. The number of nitrogens with zero attached hydrogens (tertiary/aromatic N) is 1. The van der Waals surface area contributed by atoms with E-state index in [1.807, 2.05) is 13.0 Å². The number of benzene rings is 1. The quantitative estimate of drug-likeness (QED) is 0.812. The number of aromatic nitrogens is 1. The van der Waals surface area contributed by atoms with Crippen LogP contribution in [0.2, 0.25) is 0 Å². The summed E-state index contributed by atoms with van der Waals surface area (Å²) < 4.78 is 5.54. The van der Waals surface area contributed by atoms with Gasteiger partial charge >= 0.3 is 0 Å². The van der Waals surface area contributed by atoms with Crippen LogP contribution in [0.4, 0.5) is 0 Å². The van der Waals surface area contributed by atoms with Crippen molar-refractivity contribution in [1.82, 2.24) is 4.98 Å². The summed E-state index contributed by atoms with van der Waals surface area (Å²) in [6, 6.07) is 6.25. The van der Waals surface area contributed by atoms with Gasteiger partial charge in [-0.25, -0.2) is 4.98 Å². The van der Waals surface area contributed by atoms with E-state index >= 15 is 0 Å². The minimum atomic E-state index is 0.706. The highest BCUT2D eigenvalue weighted by Gasteiger charge is 2.06. The molecule has 0 spiro atoms. The molecule has 0 aliphatic carbocycles. The Morgan fingerprint density at radius 3 is 2.71 bits per heavy atom. The molecule has 17 heavy (non-hydrogen) atoms. The first-order chi connectivity index (χ1) is 8.24. The second-order valence-electron chi connectivity index (χ2n) is 3.91. The average Bonchev–Trinajstić information content (AvgIpc) is 2.80. The SMILES string of the molecule is CCOc1ccc(-c2nc(CC)cs2)cc1C. The van der Waals surface area contributed by atoms with Gasteiger partial charge in [-0.15, -0.1) is 11.3 Å². The van der Waals surface area contributed by atoms with E-state index in [1.165, 1.54) is 5.56 Å². The van der Waals surface area contributed by atoms with E-state index in [-0.39, 0.29) is 0 Å². The number of hydrogen-bond acceptors (Lipinski definition) is 3. The fraction of sp³-hybridized carbons (Fsp3) is 0.357. The molecular weight excluding hydrogens is 230 g/mol. The first-order valence-electron chi connectivity index (χ1n) is 5.92. The summed E-state index contributed by atoms with van der Waals surface area (Å²) in [5, 5.41) is 3.22. The van der Waals surface area contributed by atoms with Crippen LogP contribution in [0.25, 0.3) is 10.6 Å². The van der Waals surface area contributed by atoms with Gasteiger partial charge in [0, 0.05) is 10.9 Å². The third kappa shape index (κ3) is 2.67. The Morgan fingerprint density at radius 1 is 1.29 bits per heavy atom. The molecule has 0 atom stereocenters. The third-order valence-electron chi connectivity index (χ3n) is 2.64. The van der Waals surface area contributed by atoms with E-state index in [4.69, 9.17) is 4.74 Å². The van der Waals surface area contributed by atoms with Crippen LogP contribution in [0.5, 0.6) is 5.75 Å². The van der Waals surface area contributed by atoms with Crippen LogP contribution in [-0.2, 0) is 6.42 Å². The van der Waals surface area contributed by atoms with E-state index in [0.29, 0.717) is 6.61 Å². The molecule has 2 aromatic rings. The molecule has 0 saturated carbocycles. The molecule has 1 heterocycles. The summed E-state index contributed by atoms with van der Waals surface area (Å²) >= 11 is 1.70. The lowest BCUT2D eigenvalue weighted by Gasteiger charge is -2.07. The fourth-order valence-corrected chi connectivity index (χ4v) is 2.60. The molecule has 0 aliphatic heterocycles. The van der Waals surface area contributed by atoms with Gasteiger partial charge in [-0.2, -0.15) is 0 Å². The summed E-state index contributed by atoms with van der Waals surface area (Å²) in [5.74, 6) is 0.962. The topological polar surface area (TPSA) is 22.1 Å². The lowest BCUT2D eigenvalue weighted by molar-refractivity contribution is 0.338. The van der Waals surface area contributed by atoms with Gasteiger partial charge in [0.05, 0.1) is 12.3 Å². The molecule has 90 valence electrons. The maximum absolute atomic E-state index is 5.54. The zero-order valence-electron chi connectivity index (χ0n) is 10.5. The van der Waals surface area contributed by atoms with Crippen LogP contribution >= 0.6 is 11.3 Å².